The van der Waals surface area contributed by atoms with Gasteiger partial charge in [-0.3, -0.25) is 4.79 Å². The van der Waals surface area contributed by atoms with E-state index in [4.69, 9.17) is 10.1 Å². The molecular weight excluding hydrogens is 420 g/mol. The largest absolute Gasteiger partial charge is 0.325 e. The molecule has 2 unspecified atom stereocenters. The zero-order chi connectivity index (χ0) is 21.9. The van der Waals surface area contributed by atoms with E-state index in [9.17, 15) is 18.5 Å². The molecule has 3 N–H and O–H groups in total. The van der Waals surface area contributed by atoms with Gasteiger partial charge in [0.2, 0.25) is 15.9 Å². The number of carbonyl (C=O) groups excluding carboxylic acids is 1. The molecule has 1 amide bonds. The molecule has 1 aliphatic carbocycles. The van der Waals surface area contributed by atoms with Crippen molar-refractivity contribution < 1.29 is 13.2 Å². The second-order valence-electron chi connectivity index (χ2n) is 7.48. The summed E-state index contributed by atoms with van der Waals surface area (Å²) in [4.78, 5) is 17.5. The highest BCUT2D eigenvalue weighted by atomic mass is 32.2. The number of sulfonamides is 1. The van der Waals surface area contributed by atoms with Crippen LogP contribution in [-0.4, -0.2) is 24.6 Å². The number of nitrogens with one attached hydrogen (secondary N) is 1. The molecular formula is C21H24N4O3S2. The van der Waals surface area contributed by atoms with E-state index >= 15 is 0 Å². The molecule has 1 aromatic carbocycles. The molecule has 1 heterocycles. The lowest BCUT2D eigenvalue weighted by Crippen LogP contribution is -2.25. The number of hydrogen-bond acceptors (Lipinski definition) is 6. The van der Waals surface area contributed by atoms with Crippen LogP contribution in [0.1, 0.15) is 43.5 Å². The second kappa shape index (κ2) is 9.16. The summed E-state index contributed by atoms with van der Waals surface area (Å²) in [6.07, 6.45) is 3.43. The van der Waals surface area contributed by atoms with Crippen molar-refractivity contribution in [1.29, 1.82) is 5.26 Å². The number of nitrogens with two attached hydrogens (primary N) is 1. The normalized spacial score (nSPS) is 16.9. The third-order valence-corrected chi connectivity index (χ3v) is 7.38. The number of fused-ring (bicyclic) bond motifs is 1. The van der Waals surface area contributed by atoms with E-state index in [1.54, 1.807) is 0 Å². The standard InChI is InChI=1S/C21H24N4O3S2/c1-3-19(20(26)24-16-5-7-17(8-6-16)30(23,27)28)29-21-15(12-22)11-14-10-13(2)4-9-18(14)25-21/h5-8,11,13,19H,3-4,9-10H2,1-2H3,(H,24,26)(H2,23,27,28). The van der Waals surface area contributed by atoms with Crippen molar-refractivity contribution in [2.24, 2.45) is 11.1 Å². The average Bonchev–Trinajstić information content (AvgIpc) is 2.71. The zero-order valence-corrected chi connectivity index (χ0v) is 18.5. The average molecular weight is 445 g/mol. The summed E-state index contributed by atoms with van der Waals surface area (Å²) in [6, 6.07) is 9.81. The fourth-order valence-corrected chi connectivity index (χ4v) is 4.92. The van der Waals surface area contributed by atoms with Gasteiger partial charge in [0.1, 0.15) is 11.1 Å². The van der Waals surface area contributed by atoms with Crippen LogP contribution >= 0.6 is 11.8 Å². The number of thioether (sulfide) groups is 1. The van der Waals surface area contributed by atoms with E-state index < -0.39 is 15.3 Å². The number of aryl methyl sites for hydroxylation is 1. The SMILES string of the molecule is CCC(Sc1nc2c(cc1C#N)CC(C)CC2)C(=O)Nc1ccc(S(N)(=O)=O)cc1. The highest BCUT2D eigenvalue weighted by Gasteiger charge is 2.24. The maximum Gasteiger partial charge on any atom is 0.238 e. The summed E-state index contributed by atoms with van der Waals surface area (Å²) in [7, 11) is -3.78. The highest BCUT2D eigenvalue weighted by Crippen LogP contribution is 2.32. The van der Waals surface area contributed by atoms with Crippen molar-refractivity contribution in [3.63, 3.8) is 0 Å². The van der Waals surface area contributed by atoms with Gasteiger partial charge in [-0.05, 0) is 67.5 Å². The van der Waals surface area contributed by atoms with Crippen LogP contribution in [0.2, 0.25) is 0 Å². The van der Waals surface area contributed by atoms with Gasteiger partial charge in [0.05, 0.1) is 15.7 Å². The van der Waals surface area contributed by atoms with Crippen molar-refractivity contribution in [3.05, 3.63) is 47.2 Å². The Bertz CT molecular complexity index is 1090. The Balaban J connectivity index is 1.76. The molecule has 30 heavy (non-hydrogen) atoms. The number of nitrogens with zero attached hydrogens (tertiary/aromatic N) is 2. The maximum atomic E-state index is 12.8. The quantitative estimate of drug-likeness (QED) is 0.659. The van der Waals surface area contributed by atoms with Gasteiger partial charge in [0.25, 0.3) is 0 Å². The molecule has 0 bridgehead atoms. The highest BCUT2D eigenvalue weighted by molar-refractivity contribution is 8.00. The molecule has 0 spiro atoms. The number of aromatic nitrogens is 1. The Morgan fingerprint density at radius 3 is 2.70 bits per heavy atom. The van der Waals surface area contributed by atoms with Crippen LogP contribution in [0.4, 0.5) is 5.69 Å². The molecule has 0 fully saturated rings. The summed E-state index contributed by atoms with van der Waals surface area (Å²) < 4.78 is 22.7. The minimum atomic E-state index is -3.78. The zero-order valence-electron chi connectivity index (χ0n) is 16.9. The molecule has 2 aromatic rings. The van der Waals surface area contributed by atoms with Gasteiger partial charge in [-0.2, -0.15) is 5.26 Å². The Labute approximate surface area is 181 Å². The third-order valence-electron chi connectivity index (χ3n) is 5.09. The van der Waals surface area contributed by atoms with Gasteiger partial charge in [-0.25, -0.2) is 18.5 Å². The molecule has 9 heteroatoms. The molecule has 0 aliphatic heterocycles. The molecule has 1 aliphatic rings. The first kappa shape index (κ1) is 22.3. The number of anilines is 1. The van der Waals surface area contributed by atoms with Crippen molar-refractivity contribution in [1.82, 2.24) is 4.98 Å². The van der Waals surface area contributed by atoms with Crippen molar-refractivity contribution >= 4 is 33.4 Å². The van der Waals surface area contributed by atoms with Gasteiger partial charge >= 0.3 is 0 Å². The summed E-state index contributed by atoms with van der Waals surface area (Å²) in [5, 5.41) is 17.6. The van der Waals surface area contributed by atoms with E-state index in [0.717, 1.165) is 30.5 Å². The van der Waals surface area contributed by atoms with Gasteiger partial charge in [0.15, 0.2) is 0 Å². The van der Waals surface area contributed by atoms with Crippen molar-refractivity contribution in [3.8, 4) is 6.07 Å². The van der Waals surface area contributed by atoms with Crippen LogP contribution in [0.15, 0.2) is 40.3 Å². The predicted molar refractivity (Wildman–Crippen MR) is 117 cm³/mol. The van der Waals surface area contributed by atoms with Gasteiger partial charge < -0.3 is 5.32 Å². The van der Waals surface area contributed by atoms with E-state index in [0.29, 0.717) is 28.6 Å². The first-order valence-corrected chi connectivity index (χ1v) is 12.2. The van der Waals surface area contributed by atoms with Crippen LogP contribution in [0.3, 0.4) is 0 Å². The fraction of sp³-hybridized carbons (Fsp3) is 0.381. The van der Waals surface area contributed by atoms with Crippen LogP contribution in [-0.2, 0) is 27.7 Å². The summed E-state index contributed by atoms with van der Waals surface area (Å²) >= 11 is 1.29. The van der Waals surface area contributed by atoms with Crippen LogP contribution in [0.25, 0.3) is 0 Å². The Morgan fingerprint density at radius 2 is 2.10 bits per heavy atom. The van der Waals surface area contributed by atoms with Crippen LogP contribution in [0.5, 0.6) is 0 Å². The molecule has 0 saturated heterocycles. The molecule has 2 atom stereocenters. The number of hydrogen-bond donors (Lipinski definition) is 2. The lowest BCUT2D eigenvalue weighted by Gasteiger charge is -2.22. The topological polar surface area (TPSA) is 126 Å². The van der Waals surface area contributed by atoms with Gasteiger partial charge in [-0.1, -0.05) is 25.6 Å². The first-order chi connectivity index (χ1) is 14.2. The third kappa shape index (κ3) is 5.19. The number of pyridine rings is 1. The maximum absolute atomic E-state index is 12.8. The van der Waals surface area contributed by atoms with Gasteiger partial charge in [0, 0.05) is 11.4 Å². The minimum Gasteiger partial charge on any atom is -0.325 e. The lowest BCUT2D eigenvalue weighted by atomic mass is 9.87. The smallest absolute Gasteiger partial charge is 0.238 e. The first-order valence-electron chi connectivity index (χ1n) is 9.74. The second-order valence-corrected chi connectivity index (χ2v) is 10.2. The molecule has 0 radical (unpaired) electrons. The minimum absolute atomic E-state index is 0.0202. The van der Waals surface area contributed by atoms with E-state index in [2.05, 4.69) is 18.3 Å². The lowest BCUT2D eigenvalue weighted by molar-refractivity contribution is -0.115. The van der Waals surface area contributed by atoms with E-state index in [-0.39, 0.29) is 10.8 Å². The Morgan fingerprint density at radius 1 is 1.40 bits per heavy atom. The summed E-state index contributed by atoms with van der Waals surface area (Å²) in [6.45, 7) is 4.10. The number of amides is 1. The number of rotatable bonds is 6. The van der Waals surface area contributed by atoms with Crippen molar-refractivity contribution in [2.75, 3.05) is 5.32 Å². The Kier molecular flexibility index (Phi) is 6.81. The molecule has 7 nitrogen and oxygen atoms in total. The molecule has 3 rings (SSSR count). The number of carbonyl (C=O) groups is 1. The number of benzene rings is 1. The number of nitriles is 1. The number of primary sulfonamides is 1. The van der Waals surface area contributed by atoms with Crippen LogP contribution in [0, 0.1) is 17.2 Å². The molecule has 158 valence electrons. The van der Waals surface area contributed by atoms with E-state index in [1.807, 2.05) is 13.0 Å². The van der Waals surface area contributed by atoms with E-state index in [1.165, 1.54) is 36.0 Å². The Hall–Kier alpha value is -2.41. The molecule has 1 aromatic heterocycles. The monoisotopic (exact) mass is 444 g/mol. The van der Waals surface area contributed by atoms with Crippen LogP contribution < -0.4 is 10.5 Å². The summed E-state index contributed by atoms with van der Waals surface area (Å²) in [5.41, 5.74) is 3.11. The van der Waals surface area contributed by atoms with Gasteiger partial charge in [-0.15, -0.1) is 0 Å². The molecule has 0 saturated carbocycles. The van der Waals surface area contributed by atoms with Crippen molar-refractivity contribution in [2.45, 2.75) is 54.7 Å². The predicted octanol–water partition coefficient (Wildman–Crippen LogP) is 3.23. The fourth-order valence-electron chi connectivity index (χ4n) is 3.41. The summed E-state index contributed by atoms with van der Waals surface area (Å²) in [5.74, 6) is 0.349.